The molecule has 7 heteroatoms. The molecule has 1 aromatic rings. The van der Waals surface area contributed by atoms with E-state index in [-0.39, 0.29) is 11.4 Å². The molecule has 1 aromatic heterocycles. The number of likely N-dealkylation sites (tertiary alicyclic amines) is 1. The van der Waals surface area contributed by atoms with Crippen LogP contribution in [0.1, 0.15) is 23.5 Å². The fourth-order valence-electron chi connectivity index (χ4n) is 3.08. The van der Waals surface area contributed by atoms with Gasteiger partial charge in [-0.15, -0.1) is 0 Å². The van der Waals surface area contributed by atoms with Gasteiger partial charge in [0.25, 0.3) is 0 Å². The fraction of sp³-hybridized carbons (Fsp3) is 0.714. The van der Waals surface area contributed by atoms with Gasteiger partial charge in [0.1, 0.15) is 16.4 Å². The molecule has 6 nitrogen and oxygen atoms in total. The second kappa shape index (κ2) is 6.08. The van der Waals surface area contributed by atoms with Crippen molar-refractivity contribution in [2.24, 2.45) is 11.7 Å². The molecule has 1 aliphatic heterocycles. The maximum Gasteiger partial charge on any atom is 0.246 e. The second-order valence-corrected chi connectivity index (χ2v) is 7.91. The van der Waals surface area contributed by atoms with Crippen LogP contribution in [0.3, 0.4) is 0 Å². The normalized spacial score (nSPS) is 20.6. The number of hydrogen-bond acceptors (Lipinski definition) is 5. The molecule has 0 bridgehead atoms. The van der Waals surface area contributed by atoms with Crippen LogP contribution < -0.4 is 5.73 Å². The summed E-state index contributed by atoms with van der Waals surface area (Å²) in [6, 6.07) is 0. The van der Waals surface area contributed by atoms with E-state index in [9.17, 15) is 8.42 Å². The van der Waals surface area contributed by atoms with Crippen LogP contribution in [0.25, 0.3) is 0 Å². The zero-order valence-electron chi connectivity index (χ0n) is 13.2. The monoisotopic (exact) mass is 315 g/mol. The largest absolute Gasteiger partial charge is 0.465 e. The van der Waals surface area contributed by atoms with Crippen LogP contribution in [0.2, 0.25) is 0 Å². The summed E-state index contributed by atoms with van der Waals surface area (Å²) in [7, 11) is 0.139. The van der Waals surface area contributed by atoms with Crippen molar-refractivity contribution in [1.82, 2.24) is 9.21 Å². The van der Waals surface area contributed by atoms with Crippen LogP contribution in [0, 0.1) is 19.8 Å². The van der Waals surface area contributed by atoms with Gasteiger partial charge in [0.15, 0.2) is 0 Å². The van der Waals surface area contributed by atoms with Crippen LogP contribution in [0.5, 0.6) is 0 Å². The van der Waals surface area contributed by atoms with E-state index >= 15 is 0 Å². The highest BCUT2D eigenvalue weighted by Crippen LogP contribution is 2.29. The topological polar surface area (TPSA) is 79.8 Å². The van der Waals surface area contributed by atoms with Gasteiger partial charge in [0, 0.05) is 32.2 Å². The van der Waals surface area contributed by atoms with Crippen LogP contribution in [0.4, 0.5) is 0 Å². The van der Waals surface area contributed by atoms with Gasteiger partial charge in [-0.25, -0.2) is 12.7 Å². The molecular weight excluding hydrogens is 290 g/mol. The first-order valence-corrected chi connectivity index (χ1v) is 8.65. The van der Waals surface area contributed by atoms with Crippen molar-refractivity contribution in [3.05, 3.63) is 17.1 Å². The molecule has 2 heterocycles. The van der Waals surface area contributed by atoms with E-state index in [2.05, 4.69) is 11.9 Å². The third-order valence-corrected chi connectivity index (χ3v) is 6.22. The third kappa shape index (κ3) is 3.15. The Morgan fingerprint density at radius 3 is 2.57 bits per heavy atom. The Hall–Kier alpha value is -0.890. The second-order valence-electron chi connectivity index (χ2n) is 5.93. The lowest BCUT2D eigenvalue weighted by atomic mass is 10.1. The van der Waals surface area contributed by atoms with Gasteiger partial charge in [-0.1, -0.05) is 0 Å². The molecule has 1 fully saturated rings. The maximum absolute atomic E-state index is 12.8. The molecule has 2 N–H and O–H groups in total. The lowest BCUT2D eigenvalue weighted by Crippen LogP contribution is -2.33. The van der Waals surface area contributed by atoms with Crippen molar-refractivity contribution in [3.63, 3.8) is 0 Å². The van der Waals surface area contributed by atoms with E-state index in [1.54, 1.807) is 20.9 Å². The maximum atomic E-state index is 12.8. The Labute approximate surface area is 126 Å². The fourth-order valence-corrected chi connectivity index (χ4v) is 4.74. The molecule has 0 radical (unpaired) electrons. The summed E-state index contributed by atoms with van der Waals surface area (Å²) in [5, 5.41) is 0. The predicted molar refractivity (Wildman–Crippen MR) is 81.5 cm³/mol. The lowest BCUT2D eigenvalue weighted by molar-refractivity contribution is 0.356. The van der Waals surface area contributed by atoms with Gasteiger partial charge in [-0.2, -0.15) is 0 Å². The average molecular weight is 315 g/mol. The zero-order chi connectivity index (χ0) is 15.8. The van der Waals surface area contributed by atoms with Crippen molar-refractivity contribution in [3.8, 4) is 0 Å². The van der Waals surface area contributed by atoms with Gasteiger partial charge in [-0.3, -0.25) is 0 Å². The molecule has 1 aliphatic rings. The molecule has 1 atom stereocenters. The Bertz CT molecular complexity index is 609. The molecule has 1 unspecified atom stereocenters. The molecule has 1 saturated heterocycles. The molecule has 120 valence electrons. The number of nitrogens with zero attached hydrogens (tertiary/aromatic N) is 2. The Kier molecular flexibility index (Phi) is 4.77. The average Bonchev–Trinajstić information content (AvgIpc) is 2.92. The van der Waals surface area contributed by atoms with E-state index in [1.807, 2.05) is 0 Å². The van der Waals surface area contributed by atoms with Gasteiger partial charge < -0.3 is 15.1 Å². The van der Waals surface area contributed by atoms with Crippen LogP contribution in [-0.2, 0) is 16.6 Å². The van der Waals surface area contributed by atoms with Gasteiger partial charge in [0.05, 0.1) is 0 Å². The molecule has 0 aliphatic carbocycles. The zero-order valence-corrected chi connectivity index (χ0v) is 14.0. The quantitative estimate of drug-likeness (QED) is 0.874. The number of furan rings is 1. The van der Waals surface area contributed by atoms with Gasteiger partial charge in [0.2, 0.25) is 10.0 Å². The number of hydrogen-bond donors (Lipinski definition) is 1. The Balaban J connectivity index is 2.25. The highest BCUT2D eigenvalue weighted by Gasteiger charge is 2.32. The predicted octanol–water partition coefficient (Wildman–Crippen LogP) is 0.927. The van der Waals surface area contributed by atoms with Crippen LogP contribution >= 0.6 is 0 Å². The Morgan fingerprint density at radius 2 is 2.05 bits per heavy atom. The van der Waals surface area contributed by atoms with Crippen molar-refractivity contribution in [2.75, 3.05) is 33.7 Å². The lowest BCUT2D eigenvalue weighted by Gasteiger charge is -2.21. The highest BCUT2D eigenvalue weighted by atomic mass is 32.2. The summed E-state index contributed by atoms with van der Waals surface area (Å²) in [5.74, 6) is 1.38. The summed E-state index contributed by atoms with van der Waals surface area (Å²) in [4.78, 5) is 2.47. The summed E-state index contributed by atoms with van der Waals surface area (Å²) in [5.41, 5.74) is 6.28. The van der Waals surface area contributed by atoms with E-state index in [0.717, 1.165) is 19.5 Å². The van der Waals surface area contributed by atoms with Crippen LogP contribution in [0.15, 0.2) is 9.31 Å². The van der Waals surface area contributed by atoms with Crippen LogP contribution in [-0.4, -0.2) is 51.4 Å². The SMILES string of the molecule is Cc1oc(C)c(S(=O)(=O)N(C)CC2CCN(C)C2)c1CN. The van der Waals surface area contributed by atoms with E-state index in [4.69, 9.17) is 10.2 Å². The van der Waals surface area contributed by atoms with E-state index < -0.39 is 10.0 Å². The molecule has 0 spiro atoms. The molecule has 0 saturated carbocycles. The summed E-state index contributed by atoms with van der Waals surface area (Å²) >= 11 is 0. The highest BCUT2D eigenvalue weighted by molar-refractivity contribution is 7.89. The first-order valence-electron chi connectivity index (χ1n) is 7.21. The van der Waals surface area contributed by atoms with Crippen molar-refractivity contribution in [1.29, 1.82) is 0 Å². The molecule has 2 rings (SSSR count). The van der Waals surface area contributed by atoms with Crippen molar-refractivity contribution < 1.29 is 12.8 Å². The molecule has 0 aromatic carbocycles. The number of aryl methyl sites for hydroxylation is 2. The summed E-state index contributed by atoms with van der Waals surface area (Å²) in [6.45, 7) is 6.08. The molecule has 0 amide bonds. The first kappa shape index (κ1) is 16.5. The minimum Gasteiger partial charge on any atom is -0.465 e. The molecule has 21 heavy (non-hydrogen) atoms. The number of nitrogens with two attached hydrogens (primary N) is 1. The summed E-state index contributed by atoms with van der Waals surface area (Å²) in [6.07, 6.45) is 1.03. The van der Waals surface area contributed by atoms with Crippen molar-refractivity contribution in [2.45, 2.75) is 31.7 Å². The molecular formula is C14H25N3O3S. The number of sulfonamides is 1. The minimum absolute atomic E-state index is 0.164. The van der Waals surface area contributed by atoms with E-state index in [0.29, 0.717) is 29.5 Å². The van der Waals surface area contributed by atoms with E-state index in [1.165, 1.54) is 4.31 Å². The standard InChI is InChI=1S/C14H25N3O3S/c1-10-13(7-15)14(11(2)20-10)21(18,19)17(4)9-12-5-6-16(3)8-12/h12H,5-9,15H2,1-4H3. The minimum atomic E-state index is -3.56. The number of rotatable bonds is 5. The third-order valence-electron chi connectivity index (χ3n) is 4.20. The summed E-state index contributed by atoms with van der Waals surface area (Å²) < 4.78 is 32.5. The smallest absolute Gasteiger partial charge is 0.246 e. The van der Waals surface area contributed by atoms with Gasteiger partial charge in [-0.05, 0) is 39.8 Å². The van der Waals surface area contributed by atoms with Crippen molar-refractivity contribution >= 4 is 10.0 Å². The Morgan fingerprint density at radius 1 is 1.38 bits per heavy atom. The first-order chi connectivity index (χ1) is 9.77. The van der Waals surface area contributed by atoms with Gasteiger partial charge >= 0.3 is 0 Å².